The largest absolute Gasteiger partial charge is 0.385 e. The first-order chi connectivity index (χ1) is 8.63. The molecule has 96 valence electrons. The molecule has 0 saturated heterocycles. The lowest BCUT2D eigenvalue weighted by Crippen LogP contribution is -2.16. The van der Waals surface area contributed by atoms with Crippen LogP contribution < -0.4 is 5.32 Å². The van der Waals surface area contributed by atoms with E-state index in [0.29, 0.717) is 17.7 Å². The van der Waals surface area contributed by atoms with Gasteiger partial charge in [0.25, 0.3) is 0 Å². The van der Waals surface area contributed by atoms with Crippen LogP contribution in [0.1, 0.15) is 24.8 Å². The van der Waals surface area contributed by atoms with E-state index in [-0.39, 0.29) is 5.75 Å². The third-order valence-corrected chi connectivity index (χ3v) is 4.94. The minimum absolute atomic E-state index is 0.259. The first kappa shape index (κ1) is 12.9. The summed E-state index contributed by atoms with van der Waals surface area (Å²) >= 11 is 0. The standard InChI is InChI=1S/C13H16N2O2S/c14-7-1-2-8-15-12-5-6-13-11(10-12)4-3-9-18(13,16)17/h5-6,10,15H,1-4,8-9H2. The smallest absolute Gasteiger partial charge is 0.178 e. The topological polar surface area (TPSA) is 70.0 Å². The number of benzene rings is 1. The third kappa shape index (κ3) is 2.82. The molecule has 0 unspecified atom stereocenters. The van der Waals surface area contributed by atoms with Gasteiger partial charge >= 0.3 is 0 Å². The summed E-state index contributed by atoms with van der Waals surface area (Å²) in [6.45, 7) is 0.735. The molecule has 0 bridgehead atoms. The summed E-state index contributed by atoms with van der Waals surface area (Å²) in [5, 5.41) is 11.6. The van der Waals surface area contributed by atoms with Crippen LogP contribution in [0.2, 0.25) is 0 Å². The van der Waals surface area contributed by atoms with Crippen molar-refractivity contribution in [2.75, 3.05) is 17.6 Å². The zero-order chi connectivity index (χ0) is 13.0. The van der Waals surface area contributed by atoms with Crippen molar-refractivity contribution in [3.63, 3.8) is 0 Å². The number of rotatable bonds is 4. The molecule has 2 rings (SSSR count). The van der Waals surface area contributed by atoms with E-state index < -0.39 is 9.84 Å². The van der Waals surface area contributed by atoms with Crippen molar-refractivity contribution in [3.05, 3.63) is 23.8 Å². The number of anilines is 1. The van der Waals surface area contributed by atoms with Gasteiger partial charge in [-0.05, 0) is 43.0 Å². The SMILES string of the molecule is N#CCCCNc1ccc2c(c1)CCCS2(=O)=O. The monoisotopic (exact) mass is 264 g/mol. The van der Waals surface area contributed by atoms with E-state index in [0.717, 1.165) is 30.6 Å². The number of fused-ring (bicyclic) bond motifs is 1. The highest BCUT2D eigenvalue weighted by atomic mass is 32.2. The van der Waals surface area contributed by atoms with Crippen LogP contribution in [-0.2, 0) is 16.3 Å². The van der Waals surface area contributed by atoms with Crippen LogP contribution in [-0.4, -0.2) is 20.7 Å². The Labute approximate surface area is 108 Å². The van der Waals surface area contributed by atoms with Gasteiger partial charge in [-0.25, -0.2) is 8.42 Å². The number of nitrogens with zero attached hydrogens (tertiary/aromatic N) is 1. The lowest BCUT2D eigenvalue weighted by molar-refractivity contribution is 0.586. The van der Waals surface area contributed by atoms with E-state index in [1.165, 1.54) is 0 Å². The second kappa shape index (κ2) is 5.40. The molecule has 0 radical (unpaired) electrons. The van der Waals surface area contributed by atoms with Gasteiger partial charge in [-0.3, -0.25) is 0 Å². The molecular formula is C13H16N2O2S. The van der Waals surface area contributed by atoms with Crippen LogP contribution >= 0.6 is 0 Å². The Hall–Kier alpha value is -1.54. The average molecular weight is 264 g/mol. The molecular weight excluding hydrogens is 248 g/mol. The van der Waals surface area contributed by atoms with Crippen LogP contribution in [0.3, 0.4) is 0 Å². The third-order valence-electron chi connectivity index (χ3n) is 3.05. The highest BCUT2D eigenvalue weighted by Crippen LogP contribution is 2.27. The van der Waals surface area contributed by atoms with Crippen molar-refractivity contribution in [1.29, 1.82) is 5.26 Å². The zero-order valence-corrected chi connectivity index (χ0v) is 11.0. The van der Waals surface area contributed by atoms with Crippen molar-refractivity contribution in [1.82, 2.24) is 0 Å². The van der Waals surface area contributed by atoms with Crippen molar-refractivity contribution < 1.29 is 8.42 Å². The van der Waals surface area contributed by atoms with E-state index in [1.807, 2.05) is 6.07 Å². The van der Waals surface area contributed by atoms with Crippen LogP contribution in [0.15, 0.2) is 23.1 Å². The number of aryl methyl sites for hydroxylation is 1. The number of hydrogen-bond acceptors (Lipinski definition) is 4. The lowest BCUT2D eigenvalue weighted by atomic mass is 10.1. The van der Waals surface area contributed by atoms with E-state index >= 15 is 0 Å². The molecule has 0 aliphatic carbocycles. The quantitative estimate of drug-likeness (QED) is 0.846. The molecule has 1 aliphatic heterocycles. The predicted octanol–water partition coefficient (Wildman–Crippen LogP) is 2.12. The Morgan fingerprint density at radius 3 is 3.00 bits per heavy atom. The van der Waals surface area contributed by atoms with Crippen molar-refractivity contribution >= 4 is 15.5 Å². The summed E-state index contributed by atoms with van der Waals surface area (Å²) in [6, 6.07) is 7.50. The van der Waals surface area contributed by atoms with Crippen molar-refractivity contribution in [3.8, 4) is 6.07 Å². The number of sulfone groups is 1. The molecule has 1 N–H and O–H groups in total. The maximum atomic E-state index is 11.8. The fourth-order valence-corrected chi connectivity index (χ4v) is 3.73. The Morgan fingerprint density at radius 1 is 1.39 bits per heavy atom. The molecule has 0 atom stereocenters. The molecule has 1 aromatic rings. The molecule has 1 heterocycles. The van der Waals surface area contributed by atoms with Gasteiger partial charge in [-0.15, -0.1) is 0 Å². The van der Waals surface area contributed by atoms with E-state index in [4.69, 9.17) is 5.26 Å². The molecule has 0 spiro atoms. The normalized spacial score (nSPS) is 16.6. The zero-order valence-electron chi connectivity index (χ0n) is 10.1. The summed E-state index contributed by atoms with van der Waals surface area (Å²) in [7, 11) is -3.06. The summed E-state index contributed by atoms with van der Waals surface area (Å²) in [4.78, 5) is 0.483. The molecule has 1 aromatic carbocycles. The van der Waals surface area contributed by atoms with Gasteiger partial charge in [-0.2, -0.15) is 5.26 Å². The van der Waals surface area contributed by atoms with Crippen LogP contribution in [0.4, 0.5) is 5.69 Å². The van der Waals surface area contributed by atoms with Crippen LogP contribution in [0.25, 0.3) is 0 Å². The molecule has 18 heavy (non-hydrogen) atoms. The molecule has 0 fully saturated rings. The van der Waals surface area contributed by atoms with Crippen LogP contribution in [0, 0.1) is 11.3 Å². The Kier molecular flexibility index (Phi) is 3.87. The lowest BCUT2D eigenvalue weighted by Gasteiger charge is -2.17. The fraction of sp³-hybridized carbons (Fsp3) is 0.462. The van der Waals surface area contributed by atoms with Crippen molar-refractivity contribution in [2.45, 2.75) is 30.6 Å². The highest BCUT2D eigenvalue weighted by Gasteiger charge is 2.23. The fourth-order valence-electron chi connectivity index (χ4n) is 2.15. The van der Waals surface area contributed by atoms with E-state index in [1.54, 1.807) is 12.1 Å². The number of nitrogens with one attached hydrogen (secondary N) is 1. The molecule has 0 aromatic heterocycles. The van der Waals surface area contributed by atoms with Gasteiger partial charge in [-0.1, -0.05) is 0 Å². The second-order valence-corrected chi connectivity index (χ2v) is 6.51. The molecule has 5 heteroatoms. The molecule has 0 amide bonds. The summed E-state index contributed by atoms with van der Waals surface area (Å²) < 4.78 is 23.7. The van der Waals surface area contributed by atoms with Gasteiger partial charge in [0.2, 0.25) is 0 Å². The van der Waals surface area contributed by atoms with Gasteiger partial charge in [0.15, 0.2) is 9.84 Å². The number of nitriles is 1. The highest BCUT2D eigenvalue weighted by molar-refractivity contribution is 7.91. The average Bonchev–Trinajstić information content (AvgIpc) is 2.34. The van der Waals surface area contributed by atoms with Gasteiger partial charge < -0.3 is 5.32 Å². The summed E-state index contributed by atoms with van der Waals surface area (Å²) in [5.41, 5.74) is 1.84. The Morgan fingerprint density at radius 2 is 2.22 bits per heavy atom. The molecule has 0 saturated carbocycles. The minimum atomic E-state index is -3.06. The van der Waals surface area contributed by atoms with Gasteiger partial charge in [0, 0.05) is 18.7 Å². The number of hydrogen-bond donors (Lipinski definition) is 1. The number of unbranched alkanes of at least 4 members (excludes halogenated alkanes) is 1. The van der Waals surface area contributed by atoms with Crippen LogP contribution in [0.5, 0.6) is 0 Å². The van der Waals surface area contributed by atoms with Gasteiger partial charge in [0.1, 0.15) is 0 Å². The van der Waals surface area contributed by atoms with E-state index in [9.17, 15) is 8.42 Å². The van der Waals surface area contributed by atoms with Gasteiger partial charge in [0.05, 0.1) is 16.7 Å². The maximum absolute atomic E-state index is 11.8. The summed E-state index contributed by atoms with van der Waals surface area (Å²) in [6.07, 6.45) is 2.85. The molecule has 4 nitrogen and oxygen atoms in total. The molecule has 1 aliphatic rings. The Bertz CT molecular complexity index is 573. The first-order valence-corrected chi connectivity index (χ1v) is 7.75. The predicted molar refractivity (Wildman–Crippen MR) is 70.2 cm³/mol. The maximum Gasteiger partial charge on any atom is 0.178 e. The second-order valence-electron chi connectivity index (χ2n) is 4.43. The van der Waals surface area contributed by atoms with Crippen molar-refractivity contribution in [2.24, 2.45) is 0 Å². The first-order valence-electron chi connectivity index (χ1n) is 6.10. The minimum Gasteiger partial charge on any atom is -0.385 e. The van der Waals surface area contributed by atoms with E-state index in [2.05, 4.69) is 11.4 Å². The summed E-state index contributed by atoms with van der Waals surface area (Å²) in [5.74, 6) is 0.259. The Balaban J connectivity index is 2.11.